The van der Waals surface area contributed by atoms with Crippen LogP contribution in [0.5, 0.6) is 5.75 Å². The fourth-order valence-corrected chi connectivity index (χ4v) is 3.77. The molecule has 3 rings (SSSR count). The number of benzene rings is 1. The number of carbonyl (C=O) groups is 1. The molecule has 0 saturated carbocycles. The quantitative estimate of drug-likeness (QED) is 0.621. The maximum Gasteiger partial charge on any atom is 0.253 e. The summed E-state index contributed by atoms with van der Waals surface area (Å²) in [5.74, 6) is -0.629. The zero-order chi connectivity index (χ0) is 21.7. The Morgan fingerprint density at radius 3 is 2.87 bits per heavy atom. The van der Waals surface area contributed by atoms with E-state index in [-0.39, 0.29) is 33.1 Å². The molecule has 30 heavy (non-hydrogen) atoms. The van der Waals surface area contributed by atoms with Gasteiger partial charge in [-0.25, -0.2) is 9.37 Å². The molecule has 0 radical (unpaired) electrons. The van der Waals surface area contributed by atoms with Crippen molar-refractivity contribution in [1.82, 2.24) is 15.2 Å². The average Bonchev–Trinajstić information content (AvgIpc) is 2.73. The second-order valence-corrected chi connectivity index (χ2v) is 7.62. The van der Waals surface area contributed by atoms with Crippen LogP contribution in [0.4, 0.5) is 10.2 Å². The van der Waals surface area contributed by atoms with Gasteiger partial charge in [0.1, 0.15) is 11.9 Å². The van der Waals surface area contributed by atoms with Gasteiger partial charge in [0.25, 0.3) is 5.91 Å². The lowest BCUT2D eigenvalue weighted by atomic mass is 10.1. The van der Waals surface area contributed by atoms with Crippen LogP contribution in [-0.2, 0) is 4.74 Å². The number of morpholine rings is 1. The number of aromatic nitrogens is 1. The molecule has 0 bridgehead atoms. The van der Waals surface area contributed by atoms with E-state index < -0.39 is 11.9 Å². The van der Waals surface area contributed by atoms with E-state index in [1.807, 2.05) is 0 Å². The molecule has 1 amide bonds. The number of halogens is 3. The van der Waals surface area contributed by atoms with E-state index in [2.05, 4.69) is 15.2 Å². The molecule has 1 unspecified atom stereocenters. The Hall–Kier alpha value is -2.13. The summed E-state index contributed by atoms with van der Waals surface area (Å²) >= 11 is 12.2. The fourth-order valence-electron chi connectivity index (χ4n) is 3.09. The van der Waals surface area contributed by atoms with Crippen molar-refractivity contribution < 1.29 is 18.7 Å². The average molecular weight is 457 g/mol. The van der Waals surface area contributed by atoms with Crippen LogP contribution in [0.3, 0.4) is 0 Å². The predicted octanol–water partition coefficient (Wildman–Crippen LogP) is 3.31. The van der Waals surface area contributed by atoms with Crippen molar-refractivity contribution in [3.8, 4) is 5.75 Å². The van der Waals surface area contributed by atoms with Gasteiger partial charge < -0.3 is 20.5 Å². The maximum atomic E-state index is 13.8. The first kappa shape index (κ1) is 22.6. The standard InChI is InChI=1S/C20H23Cl2FN4O3/c1-12(17-14(21)2-3-15(23)18(17)22)30-16-10-13(11-26-19(16)24)20(28)25-4-5-27-6-8-29-9-7-27/h2-3,10-12H,4-9H2,1H3,(H2,24,26)(H,25,28). The number of amides is 1. The van der Waals surface area contributed by atoms with E-state index in [0.717, 1.165) is 19.6 Å². The summed E-state index contributed by atoms with van der Waals surface area (Å²) in [6, 6.07) is 4.07. The highest BCUT2D eigenvalue weighted by Crippen LogP contribution is 2.35. The third-order valence-electron chi connectivity index (χ3n) is 4.75. The zero-order valence-corrected chi connectivity index (χ0v) is 18.0. The van der Waals surface area contributed by atoms with Gasteiger partial charge in [0.05, 0.1) is 23.8 Å². The number of anilines is 1. The minimum absolute atomic E-state index is 0.0929. The number of ether oxygens (including phenoxy) is 2. The molecule has 162 valence electrons. The molecule has 7 nitrogen and oxygen atoms in total. The number of hydrogen-bond acceptors (Lipinski definition) is 6. The van der Waals surface area contributed by atoms with Crippen LogP contribution in [0.15, 0.2) is 24.4 Å². The van der Waals surface area contributed by atoms with Gasteiger partial charge in [-0.3, -0.25) is 9.69 Å². The first-order valence-electron chi connectivity index (χ1n) is 9.50. The van der Waals surface area contributed by atoms with Crippen LogP contribution in [0.25, 0.3) is 0 Å². The lowest BCUT2D eigenvalue weighted by molar-refractivity contribution is 0.0383. The van der Waals surface area contributed by atoms with Crippen molar-refractivity contribution in [1.29, 1.82) is 0 Å². The largest absolute Gasteiger partial charge is 0.482 e. The molecule has 1 aliphatic heterocycles. The minimum Gasteiger partial charge on any atom is -0.482 e. The number of pyridine rings is 1. The second kappa shape index (κ2) is 10.3. The van der Waals surface area contributed by atoms with Gasteiger partial charge >= 0.3 is 0 Å². The summed E-state index contributed by atoms with van der Waals surface area (Å²) in [4.78, 5) is 18.7. The molecule has 1 fully saturated rings. The molecule has 2 heterocycles. The molecule has 0 aliphatic carbocycles. The lowest BCUT2D eigenvalue weighted by Crippen LogP contribution is -2.41. The molecular weight excluding hydrogens is 434 g/mol. The Labute approximate surface area is 184 Å². The van der Waals surface area contributed by atoms with E-state index in [4.69, 9.17) is 38.4 Å². The maximum absolute atomic E-state index is 13.8. The smallest absolute Gasteiger partial charge is 0.253 e. The van der Waals surface area contributed by atoms with Crippen molar-refractivity contribution >= 4 is 34.9 Å². The molecule has 1 aliphatic rings. The molecule has 2 aromatic rings. The molecule has 1 aromatic carbocycles. The van der Waals surface area contributed by atoms with Crippen molar-refractivity contribution in [3.63, 3.8) is 0 Å². The topological polar surface area (TPSA) is 89.7 Å². The van der Waals surface area contributed by atoms with Gasteiger partial charge in [0.15, 0.2) is 11.6 Å². The summed E-state index contributed by atoms with van der Waals surface area (Å²) in [6.45, 7) is 5.97. The summed E-state index contributed by atoms with van der Waals surface area (Å²) in [5, 5.41) is 2.99. The molecule has 1 saturated heterocycles. The number of rotatable bonds is 7. The molecule has 1 atom stereocenters. The highest BCUT2D eigenvalue weighted by molar-refractivity contribution is 6.36. The van der Waals surface area contributed by atoms with Crippen molar-refractivity contribution in [2.75, 3.05) is 45.1 Å². The van der Waals surface area contributed by atoms with Crippen LogP contribution in [-0.4, -0.2) is 55.2 Å². The fraction of sp³-hybridized carbons (Fsp3) is 0.400. The molecule has 1 aromatic heterocycles. The van der Waals surface area contributed by atoms with Gasteiger partial charge in [-0.2, -0.15) is 0 Å². The van der Waals surface area contributed by atoms with Crippen molar-refractivity contribution in [2.24, 2.45) is 0 Å². The van der Waals surface area contributed by atoms with Crippen LogP contribution in [0.2, 0.25) is 10.0 Å². The van der Waals surface area contributed by atoms with E-state index in [9.17, 15) is 9.18 Å². The number of nitrogens with zero attached hydrogens (tertiary/aromatic N) is 2. The summed E-state index contributed by atoms with van der Waals surface area (Å²) in [7, 11) is 0. The molecule has 0 spiro atoms. The molecule has 3 N–H and O–H groups in total. The van der Waals surface area contributed by atoms with Gasteiger partial charge in [-0.1, -0.05) is 23.2 Å². The number of carbonyl (C=O) groups excluding carboxylic acids is 1. The number of nitrogens with one attached hydrogen (secondary N) is 1. The van der Waals surface area contributed by atoms with Crippen molar-refractivity contribution in [2.45, 2.75) is 13.0 Å². The van der Waals surface area contributed by atoms with Gasteiger partial charge in [0, 0.05) is 43.0 Å². The predicted molar refractivity (Wildman–Crippen MR) is 114 cm³/mol. The highest BCUT2D eigenvalue weighted by atomic mass is 35.5. The van der Waals surface area contributed by atoms with Crippen LogP contribution in [0, 0.1) is 5.82 Å². The Kier molecular flexibility index (Phi) is 7.71. The van der Waals surface area contributed by atoms with Gasteiger partial charge in [-0.15, -0.1) is 0 Å². The third-order valence-corrected chi connectivity index (χ3v) is 5.46. The SMILES string of the molecule is CC(Oc1cc(C(=O)NCCN2CCOCC2)cnc1N)c1c(Cl)ccc(F)c1Cl. The number of nitrogen functional groups attached to an aromatic ring is 1. The highest BCUT2D eigenvalue weighted by Gasteiger charge is 2.20. The van der Waals surface area contributed by atoms with Crippen molar-refractivity contribution in [3.05, 3.63) is 51.4 Å². The summed E-state index contributed by atoms with van der Waals surface area (Å²) in [5.41, 5.74) is 6.48. The summed E-state index contributed by atoms with van der Waals surface area (Å²) < 4.78 is 24.9. The number of hydrogen-bond donors (Lipinski definition) is 2. The Balaban J connectivity index is 1.66. The molecular formula is C20H23Cl2FN4O3. The zero-order valence-electron chi connectivity index (χ0n) is 16.5. The van der Waals surface area contributed by atoms with Gasteiger partial charge in [-0.05, 0) is 25.1 Å². The van der Waals surface area contributed by atoms with Crippen LogP contribution in [0.1, 0.15) is 28.9 Å². The number of nitrogens with two attached hydrogens (primary N) is 1. The normalized spacial score (nSPS) is 15.6. The van der Waals surface area contributed by atoms with Crippen LogP contribution < -0.4 is 15.8 Å². The monoisotopic (exact) mass is 456 g/mol. The van der Waals surface area contributed by atoms with E-state index in [1.54, 1.807) is 6.92 Å². The lowest BCUT2D eigenvalue weighted by Gasteiger charge is -2.26. The van der Waals surface area contributed by atoms with E-state index in [1.165, 1.54) is 24.4 Å². The first-order chi connectivity index (χ1) is 14.4. The Morgan fingerprint density at radius 1 is 1.40 bits per heavy atom. The minimum atomic E-state index is -0.718. The first-order valence-corrected chi connectivity index (χ1v) is 10.3. The molecule has 10 heteroatoms. The van der Waals surface area contributed by atoms with Crippen LogP contribution >= 0.6 is 23.2 Å². The Bertz CT molecular complexity index is 910. The third kappa shape index (κ3) is 5.51. The van der Waals surface area contributed by atoms with E-state index >= 15 is 0 Å². The summed E-state index contributed by atoms with van der Waals surface area (Å²) in [6.07, 6.45) is 0.656. The Morgan fingerprint density at radius 2 is 2.13 bits per heavy atom. The van der Waals surface area contributed by atoms with Gasteiger partial charge in [0.2, 0.25) is 0 Å². The second-order valence-electron chi connectivity index (χ2n) is 6.83. The van der Waals surface area contributed by atoms with E-state index in [0.29, 0.717) is 25.3 Å².